The first-order chi connectivity index (χ1) is 27.7. The SMILES string of the molecule is C.CCCCCCCCCCCCCCCCCC(=O)OC[C@H](COP(=O)(O)OCCNC(=O)OCCN)OC(=O)CCCCCCCCCCCCCCCCC.N. The Bertz CT molecular complexity index is 978. The molecule has 0 fully saturated rings. The van der Waals surface area contributed by atoms with E-state index < -0.39 is 38.6 Å². The minimum absolute atomic E-state index is 0. The van der Waals surface area contributed by atoms with Gasteiger partial charge in [0.1, 0.15) is 13.2 Å². The average Bonchev–Trinajstić information content (AvgIpc) is 3.19. The fourth-order valence-corrected chi connectivity index (χ4v) is 7.38. The van der Waals surface area contributed by atoms with Crippen LogP contribution in [0.5, 0.6) is 0 Å². The van der Waals surface area contributed by atoms with Crippen LogP contribution >= 0.6 is 7.82 Å². The lowest BCUT2D eigenvalue weighted by Crippen LogP contribution is -2.30. The summed E-state index contributed by atoms with van der Waals surface area (Å²) in [6.07, 6.45) is 35.5. The molecule has 1 amide bonds. The molecule has 7 N–H and O–H groups in total. The van der Waals surface area contributed by atoms with E-state index in [0.717, 1.165) is 32.1 Å². The maximum Gasteiger partial charge on any atom is 0.472 e. The van der Waals surface area contributed by atoms with Crippen molar-refractivity contribution in [1.29, 1.82) is 0 Å². The Balaban J connectivity index is -0.0000157. The zero-order valence-electron chi connectivity index (χ0n) is 37.3. The molecular weight excluding hydrogens is 773 g/mol. The summed E-state index contributed by atoms with van der Waals surface area (Å²) >= 11 is 0. The second-order valence-corrected chi connectivity index (χ2v) is 17.1. The van der Waals surface area contributed by atoms with Crippen molar-refractivity contribution in [2.24, 2.45) is 5.73 Å². The quantitative estimate of drug-likeness (QED) is 0.0195. The fourth-order valence-electron chi connectivity index (χ4n) is 6.63. The Hall–Kier alpha value is -1.76. The number of phosphoric acid groups is 1. The normalized spacial score (nSPS) is 12.5. The lowest BCUT2D eigenvalue weighted by Gasteiger charge is -2.20. The maximum atomic E-state index is 12.7. The van der Waals surface area contributed by atoms with Crippen molar-refractivity contribution in [2.75, 3.05) is 39.5 Å². The van der Waals surface area contributed by atoms with Gasteiger partial charge < -0.3 is 36.3 Å². The van der Waals surface area contributed by atoms with E-state index in [1.165, 1.54) is 148 Å². The van der Waals surface area contributed by atoms with E-state index in [2.05, 4.69) is 19.2 Å². The van der Waals surface area contributed by atoms with Crippen LogP contribution in [0.25, 0.3) is 0 Å². The Morgan fingerprint density at radius 2 is 0.915 bits per heavy atom. The molecule has 0 spiro atoms. The summed E-state index contributed by atoms with van der Waals surface area (Å²) in [5.74, 6) is -0.894. The van der Waals surface area contributed by atoms with Crippen LogP contribution in [-0.2, 0) is 37.4 Å². The van der Waals surface area contributed by atoms with Gasteiger partial charge in [0, 0.05) is 25.9 Å². The Morgan fingerprint density at radius 1 is 0.542 bits per heavy atom. The molecular formula is C45H94N3O10P. The molecule has 0 aromatic heterocycles. The molecule has 0 bridgehead atoms. The highest BCUT2D eigenvalue weighted by atomic mass is 31.2. The predicted octanol–water partition coefficient (Wildman–Crippen LogP) is 12.6. The molecule has 0 rings (SSSR count). The summed E-state index contributed by atoms with van der Waals surface area (Å²) in [5, 5.41) is 2.36. The number of hydrogen-bond acceptors (Lipinski definition) is 11. The maximum absolute atomic E-state index is 12.7. The highest BCUT2D eigenvalue weighted by Crippen LogP contribution is 2.43. The molecule has 0 heterocycles. The monoisotopic (exact) mass is 868 g/mol. The van der Waals surface area contributed by atoms with Gasteiger partial charge in [0.2, 0.25) is 0 Å². The summed E-state index contributed by atoms with van der Waals surface area (Å²) in [5.41, 5.74) is 5.28. The Morgan fingerprint density at radius 3 is 1.31 bits per heavy atom. The van der Waals surface area contributed by atoms with Crippen LogP contribution in [0.4, 0.5) is 4.79 Å². The Labute approximate surface area is 361 Å². The van der Waals surface area contributed by atoms with E-state index in [1.54, 1.807) is 0 Å². The van der Waals surface area contributed by atoms with Gasteiger partial charge in [-0.15, -0.1) is 0 Å². The van der Waals surface area contributed by atoms with E-state index in [4.69, 9.17) is 29.0 Å². The molecule has 0 saturated heterocycles. The van der Waals surface area contributed by atoms with Gasteiger partial charge in [0.25, 0.3) is 0 Å². The van der Waals surface area contributed by atoms with Crippen molar-refractivity contribution in [2.45, 2.75) is 233 Å². The summed E-state index contributed by atoms with van der Waals surface area (Å²) < 4.78 is 38.1. The number of esters is 2. The number of hydrogen-bond donors (Lipinski definition) is 4. The van der Waals surface area contributed by atoms with Gasteiger partial charge >= 0.3 is 25.9 Å². The van der Waals surface area contributed by atoms with Gasteiger partial charge in [-0.3, -0.25) is 18.6 Å². The lowest BCUT2D eigenvalue weighted by molar-refractivity contribution is -0.161. The third kappa shape index (κ3) is 47.1. The van der Waals surface area contributed by atoms with Gasteiger partial charge in [-0.1, -0.05) is 201 Å². The van der Waals surface area contributed by atoms with Gasteiger partial charge in [-0.2, -0.15) is 0 Å². The number of ether oxygens (including phenoxy) is 3. The number of carbonyl (C=O) groups excluding carboxylic acids is 3. The average molecular weight is 868 g/mol. The second kappa shape index (κ2) is 47.3. The zero-order valence-corrected chi connectivity index (χ0v) is 38.2. The molecule has 0 saturated carbocycles. The van der Waals surface area contributed by atoms with E-state index in [-0.39, 0.29) is 59.3 Å². The van der Waals surface area contributed by atoms with Crippen LogP contribution in [0.1, 0.15) is 227 Å². The molecule has 2 atom stereocenters. The first-order valence-electron chi connectivity index (χ1n) is 23.3. The van der Waals surface area contributed by atoms with Gasteiger partial charge in [-0.05, 0) is 12.8 Å². The molecule has 0 aromatic rings. The molecule has 14 heteroatoms. The molecule has 0 radical (unpaired) electrons. The van der Waals surface area contributed by atoms with Crippen LogP contribution in [-0.4, -0.2) is 68.5 Å². The molecule has 354 valence electrons. The molecule has 0 aliphatic heterocycles. The number of phosphoric ester groups is 1. The standard InChI is InChI=1S/C44H87N2O10P.CH4.H3N/c1-3-5-7-9-11-13-15-17-19-21-23-25-27-29-31-33-42(47)53-39-41(40-55-57(50,51)54-38-36-46-44(49)52-37-35-45)56-43(48)34-32-30-28-26-24-22-20-18-16-14-12-10-8-6-4-2;;/h41H,3-40,45H2,1-2H3,(H,46,49)(H,50,51);1H4;1H3/t41-;;/m1../s1. The molecule has 0 aliphatic rings. The van der Waals surface area contributed by atoms with Crippen molar-refractivity contribution in [1.82, 2.24) is 11.5 Å². The van der Waals surface area contributed by atoms with Crippen molar-refractivity contribution in [3.8, 4) is 0 Å². The smallest absolute Gasteiger partial charge is 0.462 e. The van der Waals surface area contributed by atoms with Crippen LogP contribution in [0.15, 0.2) is 0 Å². The minimum Gasteiger partial charge on any atom is -0.462 e. The number of carbonyl (C=O) groups is 3. The topological polar surface area (TPSA) is 208 Å². The third-order valence-electron chi connectivity index (χ3n) is 10.1. The number of nitrogens with two attached hydrogens (primary N) is 1. The first kappa shape index (κ1) is 61.5. The van der Waals surface area contributed by atoms with Gasteiger partial charge in [-0.25, -0.2) is 9.36 Å². The Kier molecular flexibility index (Phi) is 49.3. The molecule has 0 aromatic carbocycles. The molecule has 1 unspecified atom stereocenters. The largest absolute Gasteiger partial charge is 0.472 e. The fraction of sp³-hybridized carbons (Fsp3) is 0.933. The van der Waals surface area contributed by atoms with E-state index in [0.29, 0.717) is 12.8 Å². The van der Waals surface area contributed by atoms with E-state index in [1.807, 2.05) is 0 Å². The predicted molar refractivity (Wildman–Crippen MR) is 242 cm³/mol. The summed E-state index contributed by atoms with van der Waals surface area (Å²) in [4.78, 5) is 46.8. The molecule has 0 aliphatic carbocycles. The van der Waals surface area contributed by atoms with Crippen LogP contribution in [0.2, 0.25) is 0 Å². The molecule has 59 heavy (non-hydrogen) atoms. The lowest BCUT2D eigenvalue weighted by atomic mass is 10.0. The van der Waals surface area contributed by atoms with Crippen molar-refractivity contribution in [3.05, 3.63) is 0 Å². The van der Waals surface area contributed by atoms with Crippen molar-refractivity contribution >= 4 is 25.9 Å². The van der Waals surface area contributed by atoms with Crippen LogP contribution < -0.4 is 17.2 Å². The number of unbranched alkanes of at least 4 members (excludes halogenated alkanes) is 28. The van der Waals surface area contributed by atoms with Gasteiger partial charge in [0.05, 0.1) is 13.2 Å². The summed E-state index contributed by atoms with van der Waals surface area (Å²) in [6, 6.07) is 0. The zero-order chi connectivity index (χ0) is 41.9. The van der Waals surface area contributed by atoms with Crippen molar-refractivity contribution in [3.63, 3.8) is 0 Å². The second-order valence-electron chi connectivity index (χ2n) is 15.6. The highest BCUT2D eigenvalue weighted by molar-refractivity contribution is 7.47. The summed E-state index contributed by atoms with van der Waals surface area (Å²) in [7, 11) is -4.56. The van der Waals surface area contributed by atoms with E-state index in [9.17, 15) is 23.8 Å². The van der Waals surface area contributed by atoms with Gasteiger partial charge in [0.15, 0.2) is 6.10 Å². The van der Waals surface area contributed by atoms with Crippen LogP contribution in [0.3, 0.4) is 0 Å². The number of rotatable bonds is 44. The van der Waals surface area contributed by atoms with Crippen molar-refractivity contribution < 1.29 is 47.1 Å². The minimum atomic E-state index is -4.56. The first-order valence-corrected chi connectivity index (χ1v) is 24.8. The highest BCUT2D eigenvalue weighted by Gasteiger charge is 2.26. The number of alkyl carbamates (subject to hydrolysis) is 1. The van der Waals surface area contributed by atoms with E-state index >= 15 is 0 Å². The third-order valence-corrected chi connectivity index (χ3v) is 11.1. The number of amides is 1. The molecule has 13 nitrogen and oxygen atoms in total. The number of nitrogens with one attached hydrogen (secondary N) is 1. The van der Waals surface area contributed by atoms with Crippen LogP contribution in [0, 0.1) is 0 Å². The summed E-state index contributed by atoms with van der Waals surface area (Å²) in [6.45, 7) is 3.48.